The molecule has 2 aromatic rings. The highest BCUT2D eigenvalue weighted by molar-refractivity contribution is 5.75. The molecule has 12 heteroatoms. The van der Waals surface area contributed by atoms with Gasteiger partial charge in [-0.25, -0.2) is 14.8 Å². The molecule has 12 nitrogen and oxygen atoms in total. The summed E-state index contributed by atoms with van der Waals surface area (Å²) in [5.41, 5.74) is 0.259. The van der Waals surface area contributed by atoms with E-state index in [1.54, 1.807) is 30.0 Å². The Morgan fingerprint density at radius 2 is 1.84 bits per heavy atom. The Balaban J connectivity index is 1.80. The van der Waals surface area contributed by atoms with Crippen molar-refractivity contribution in [2.24, 2.45) is 0 Å². The molecule has 172 valence electrons. The highest BCUT2D eigenvalue weighted by atomic mass is 16.7. The quantitative estimate of drug-likeness (QED) is 0.362. The molecule has 2 heterocycles. The fourth-order valence-electron chi connectivity index (χ4n) is 3.35. The Hall–Kier alpha value is -3.83. The van der Waals surface area contributed by atoms with Gasteiger partial charge in [0.05, 0.1) is 25.7 Å². The van der Waals surface area contributed by atoms with Crippen molar-refractivity contribution in [2.75, 3.05) is 44.1 Å². The van der Waals surface area contributed by atoms with E-state index in [0.717, 1.165) is 0 Å². The van der Waals surface area contributed by atoms with Crippen molar-refractivity contribution in [3.05, 3.63) is 34.6 Å². The fraction of sp³-hybridized carbons (Fsp3) is 0.450. The van der Waals surface area contributed by atoms with Crippen LogP contribution < -0.4 is 19.7 Å². The molecule has 0 radical (unpaired) electrons. The van der Waals surface area contributed by atoms with Crippen LogP contribution in [0.3, 0.4) is 0 Å². The highest BCUT2D eigenvalue weighted by Crippen LogP contribution is 2.36. The van der Waals surface area contributed by atoms with Gasteiger partial charge in [-0.2, -0.15) is 0 Å². The molecule has 1 fully saturated rings. The maximum Gasteiger partial charge on any atom is 0.508 e. The van der Waals surface area contributed by atoms with Gasteiger partial charge >= 0.3 is 11.8 Å². The number of nitrogens with zero attached hydrogens (tertiary/aromatic N) is 4. The summed E-state index contributed by atoms with van der Waals surface area (Å²) in [6.45, 7) is 2.79. The number of hydrogen-bond donors (Lipinski definition) is 1. The van der Waals surface area contributed by atoms with Crippen LogP contribution in [0.1, 0.15) is 19.8 Å². The highest BCUT2D eigenvalue weighted by Gasteiger charge is 2.31. The predicted octanol–water partition coefficient (Wildman–Crippen LogP) is 3.29. The van der Waals surface area contributed by atoms with Crippen molar-refractivity contribution in [3.63, 3.8) is 0 Å². The molecule has 0 amide bonds. The van der Waals surface area contributed by atoms with E-state index < -0.39 is 11.1 Å². The topological polar surface area (TPSA) is 138 Å². The van der Waals surface area contributed by atoms with Crippen LogP contribution in [-0.2, 0) is 9.47 Å². The number of nitro groups is 1. The Kier molecular flexibility index (Phi) is 7.47. The molecule has 1 saturated heterocycles. The number of piperidine rings is 1. The lowest BCUT2D eigenvalue weighted by molar-refractivity contribution is -0.383. The van der Waals surface area contributed by atoms with Gasteiger partial charge in [-0.1, -0.05) is 0 Å². The third-order valence-corrected chi connectivity index (χ3v) is 4.87. The average Bonchev–Trinajstić information content (AvgIpc) is 2.79. The first-order chi connectivity index (χ1) is 15.4. The third-order valence-electron chi connectivity index (χ3n) is 4.87. The van der Waals surface area contributed by atoms with E-state index in [1.807, 2.05) is 0 Å². The zero-order valence-electron chi connectivity index (χ0n) is 18.1. The number of rotatable bonds is 8. The molecule has 3 rings (SSSR count). The average molecular weight is 447 g/mol. The molecule has 1 N–H and O–H groups in total. The van der Waals surface area contributed by atoms with Crippen LogP contribution in [0.4, 0.5) is 27.8 Å². The second kappa shape index (κ2) is 10.5. The van der Waals surface area contributed by atoms with Gasteiger partial charge in [0.2, 0.25) is 11.6 Å². The Labute approximate surface area is 184 Å². The molecular formula is C20H25N5O7. The van der Waals surface area contributed by atoms with Crippen molar-refractivity contribution >= 4 is 29.2 Å². The number of aromatic nitrogens is 2. The van der Waals surface area contributed by atoms with Gasteiger partial charge in [0.25, 0.3) is 0 Å². The lowest BCUT2D eigenvalue weighted by Gasteiger charge is -2.31. The summed E-state index contributed by atoms with van der Waals surface area (Å²) in [5, 5.41) is 14.9. The van der Waals surface area contributed by atoms with Crippen LogP contribution in [0.5, 0.6) is 11.5 Å². The molecule has 1 aliphatic rings. The Morgan fingerprint density at radius 3 is 2.41 bits per heavy atom. The zero-order valence-corrected chi connectivity index (χ0v) is 18.1. The van der Waals surface area contributed by atoms with E-state index in [2.05, 4.69) is 15.3 Å². The second-order valence-electron chi connectivity index (χ2n) is 6.87. The second-order valence-corrected chi connectivity index (χ2v) is 6.87. The first-order valence-electron chi connectivity index (χ1n) is 10.0. The van der Waals surface area contributed by atoms with Crippen LogP contribution >= 0.6 is 0 Å². The maximum atomic E-state index is 11.9. The summed E-state index contributed by atoms with van der Waals surface area (Å²) in [6.07, 6.45) is 1.24. The summed E-state index contributed by atoms with van der Waals surface area (Å²) in [6, 6.07) is 5.03. The molecule has 0 atom stereocenters. The van der Waals surface area contributed by atoms with E-state index in [0.29, 0.717) is 43.1 Å². The van der Waals surface area contributed by atoms with E-state index in [-0.39, 0.29) is 30.0 Å². The van der Waals surface area contributed by atoms with Crippen LogP contribution in [0, 0.1) is 10.1 Å². The number of benzene rings is 1. The minimum absolute atomic E-state index is 0.0419. The van der Waals surface area contributed by atoms with Gasteiger partial charge in [-0.15, -0.1) is 0 Å². The smallest absolute Gasteiger partial charge is 0.497 e. The van der Waals surface area contributed by atoms with Gasteiger partial charge in [-0.05, 0) is 6.92 Å². The van der Waals surface area contributed by atoms with Gasteiger partial charge in [0.1, 0.15) is 23.9 Å². The minimum Gasteiger partial charge on any atom is -0.497 e. The summed E-state index contributed by atoms with van der Waals surface area (Å²) < 4.78 is 20.5. The molecule has 0 aliphatic carbocycles. The predicted molar refractivity (Wildman–Crippen MR) is 115 cm³/mol. The lowest BCUT2D eigenvalue weighted by Crippen LogP contribution is -2.38. The summed E-state index contributed by atoms with van der Waals surface area (Å²) in [7, 11) is 3.03. The first kappa shape index (κ1) is 22.8. The summed E-state index contributed by atoms with van der Waals surface area (Å²) >= 11 is 0. The van der Waals surface area contributed by atoms with Crippen molar-refractivity contribution in [1.29, 1.82) is 0 Å². The van der Waals surface area contributed by atoms with Crippen LogP contribution in [-0.4, -0.2) is 61.1 Å². The number of carbonyl (C=O) groups is 1. The number of ether oxygens (including phenoxy) is 4. The van der Waals surface area contributed by atoms with Crippen molar-refractivity contribution in [2.45, 2.75) is 25.9 Å². The number of anilines is 3. The molecule has 0 spiro atoms. The van der Waals surface area contributed by atoms with Gasteiger partial charge in [0.15, 0.2) is 0 Å². The van der Waals surface area contributed by atoms with E-state index in [9.17, 15) is 14.9 Å². The standard InChI is InChI=1S/C20H25N5O7/c1-4-31-20(26)32-14-5-7-24(8-6-14)19-17(25(27)28)18(21-12-22-19)23-13-9-15(29-2)11-16(10-13)30-3/h9-12,14H,4-8H2,1-3H3,(H,21,22,23). The minimum atomic E-state index is -0.709. The molecule has 0 bridgehead atoms. The molecule has 1 aromatic heterocycles. The molecule has 0 unspecified atom stereocenters. The molecule has 1 aromatic carbocycles. The molecular weight excluding hydrogens is 422 g/mol. The number of methoxy groups -OCH3 is 2. The van der Waals surface area contributed by atoms with E-state index in [1.165, 1.54) is 20.5 Å². The van der Waals surface area contributed by atoms with Gasteiger partial charge in [-0.3, -0.25) is 10.1 Å². The number of carbonyl (C=O) groups excluding carboxylic acids is 1. The largest absolute Gasteiger partial charge is 0.508 e. The monoisotopic (exact) mass is 447 g/mol. The molecule has 1 aliphatic heterocycles. The number of nitrogens with one attached hydrogen (secondary N) is 1. The van der Waals surface area contributed by atoms with Crippen molar-refractivity contribution < 1.29 is 28.7 Å². The molecule has 32 heavy (non-hydrogen) atoms. The molecule has 0 saturated carbocycles. The number of hydrogen-bond acceptors (Lipinski definition) is 11. The first-order valence-corrected chi connectivity index (χ1v) is 10.0. The van der Waals surface area contributed by atoms with Crippen LogP contribution in [0.15, 0.2) is 24.5 Å². The van der Waals surface area contributed by atoms with E-state index >= 15 is 0 Å². The van der Waals surface area contributed by atoms with Crippen LogP contribution in [0.25, 0.3) is 0 Å². The van der Waals surface area contributed by atoms with Gasteiger partial charge < -0.3 is 29.2 Å². The Morgan fingerprint density at radius 1 is 1.19 bits per heavy atom. The Bertz CT molecular complexity index is 941. The summed E-state index contributed by atoms with van der Waals surface area (Å²) in [4.78, 5) is 32.9. The normalized spacial score (nSPS) is 13.9. The summed E-state index contributed by atoms with van der Waals surface area (Å²) in [5.74, 6) is 1.28. The maximum absolute atomic E-state index is 11.9. The zero-order chi connectivity index (χ0) is 23.1. The van der Waals surface area contributed by atoms with Gasteiger partial charge in [0, 0.05) is 49.8 Å². The van der Waals surface area contributed by atoms with Crippen LogP contribution in [0.2, 0.25) is 0 Å². The third kappa shape index (κ3) is 5.45. The fourth-order valence-corrected chi connectivity index (χ4v) is 3.35. The van der Waals surface area contributed by atoms with E-state index in [4.69, 9.17) is 18.9 Å². The lowest BCUT2D eigenvalue weighted by atomic mass is 10.1. The van der Waals surface area contributed by atoms with Crippen molar-refractivity contribution in [1.82, 2.24) is 9.97 Å². The SMILES string of the molecule is CCOC(=O)OC1CCN(c2ncnc(Nc3cc(OC)cc(OC)c3)c2[N+](=O)[O-])CC1. The van der Waals surface area contributed by atoms with Crippen molar-refractivity contribution in [3.8, 4) is 11.5 Å².